The van der Waals surface area contributed by atoms with Crippen molar-refractivity contribution in [2.75, 3.05) is 31.2 Å². The minimum Gasteiger partial charge on any atom is -0.465 e. The summed E-state index contributed by atoms with van der Waals surface area (Å²) in [7, 11) is 0. The molecule has 3 aliphatic rings. The zero-order chi connectivity index (χ0) is 29.0. The standard InChI is InChI=1S/C30H38BrClN2O6/c1-4-6-17-39-29(38)22-23-27(36)34(15-9-7-8-10-16-35)26(30(23)18-20(31)25(22)40-30)28(37)33(14-5-2)24-19(3)12-11-13-21(24)32/h4-5,11-13,20,22-23,25-26,35H,1-2,6-10,14-18H2,3H3/t20?,22-,23+,25-,26?,30?/m1/s1. The maximum absolute atomic E-state index is 14.6. The van der Waals surface area contributed by atoms with Crippen molar-refractivity contribution in [2.24, 2.45) is 11.8 Å². The van der Waals surface area contributed by atoms with Crippen LogP contribution in [0.5, 0.6) is 0 Å². The number of rotatable bonds is 14. The molecule has 0 aromatic heterocycles. The number of carbonyl (C=O) groups is 3. The van der Waals surface area contributed by atoms with Crippen LogP contribution in [0.3, 0.4) is 0 Å². The van der Waals surface area contributed by atoms with E-state index in [0.29, 0.717) is 42.9 Å². The van der Waals surface area contributed by atoms with Gasteiger partial charge in [0, 0.05) is 24.5 Å². The summed E-state index contributed by atoms with van der Waals surface area (Å²) in [5, 5.41) is 9.58. The van der Waals surface area contributed by atoms with Crippen molar-refractivity contribution < 1.29 is 29.0 Å². The quantitative estimate of drug-likeness (QED) is 0.139. The number of alkyl halides is 1. The molecule has 40 heavy (non-hydrogen) atoms. The van der Waals surface area contributed by atoms with Gasteiger partial charge in [0.05, 0.1) is 35.3 Å². The Morgan fingerprint density at radius 1 is 1.27 bits per heavy atom. The fourth-order valence-corrected chi connectivity index (χ4v) is 7.80. The first-order valence-electron chi connectivity index (χ1n) is 13.9. The van der Waals surface area contributed by atoms with Gasteiger partial charge in [0.1, 0.15) is 11.6 Å². The summed E-state index contributed by atoms with van der Waals surface area (Å²) in [4.78, 5) is 45.1. The van der Waals surface area contributed by atoms with Crippen molar-refractivity contribution in [3.8, 4) is 0 Å². The van der Waals surface area contributed by atoms with Gasteiger partial charge in [0.2, 0.25) is 5.91 Å². The number of nitrogens with zero attached hydrogens (tertiary/aromatic N) is 2. The van der Waals surface area contributed by atoms with E-state index in [2.05, 4.69) is 29.1 Å². The van der Waals surface area contributed by atoms with Gasteiger partial charge < -0.3 is 24.4 Å². The topological polar surface area (TPSA) is 96.4 Å². The molecule has 0 radical (unpaired) electrons. The van der Waals surface area contributed by atoms with Crippen LogP contribution in [-0.2, 0) is 23.9 Å². The minimum absolute atomic E-state index is 0.111. The van der Waals surface area contributed by atoms with Gasteiger partial charge in [-0.15, -0.1) is 13.2 Å². The fraction of sp³-hybridized carbons (Fsp3) is 0.567. The number of aliphatic hydroxyl groups excluding tert-OH is 1. The molecule has 1 N–H and O–H groups in total. The SMILES string of the molecule is C=CCCOC(=O)[C@H]1[C@@H]2OC3(CC2Br)C(C(=O)N(CC=C)c2c(C)cccc2Cl)N(CCCCCCO)C(=O)[C@H]13. The molecule has 8 nitrogen and oxygen atoms in total. The molecule has 10 heteroatoms. The number of likely N-dealkylation sites (tertiary alicyclic amines) is 1. The van der Waals surface area contributed by atoms with Gasteiger partial charge in [-0.25, -0.2) is 0 Å². The lowest BCUT2D eigenvalue weighted by molar-refractivity contribution is -0.154. The van der Waals surface area contributed by atoms with Crippen LogP contribution in [-0.4, -0.2) is 76.7 Å². The van der Waals surface area contributed by atoms with Crippen molar-refractivity contribution in [2.45, 2.75) is 68.0 Å². The van der Waals surface area contributed by atoms with Gasteiger partial charge in [-0.1, -0.05) is 64.7 Å². The molecule has 3 fully saturated rings. The molecule has 2 bridgehead atoms. The van der Waals surface area contributed by atoms with Gasteiger partial charge in [0.15, 0.2) is 0 Å². The highest BCUT2D eigenvalue weighted by molar-refractivity contribution is 9.09. The molecule has 4 rings (SSSR count). The maximum Gasteiger partial charge on any atom is 0.312 e. The third-order valence-electron chi connectivity index (χ3n) is 8.20. The number of amides is 2. The van der Waals surface area contributed by atoms with E-state index in [1.54, 1.807) is 28.0 Å². The van der Waals surface area contributed by atoms with Crippen LogP contribution in [0.15, 0.2) is 43.5 Å². The third kappa shape index (κ3) is 5.50. The molecule has 0 aliphatic carbocycles. The van der Waals surface area contributed by atoms with E-state index >= 15 is 0 Å². The number of carbonyl (C=O) groups excluding carboxylic acids is 3. The molecule has 2 amide bonds. The average molecular weight is 638 g/mol. The number of unbranched alkanes of at least 4 members (excludes halogenated alkanes) is 3. The van der Waals surface area contributed by atoms with Gasteiger partial charge in [0.25, 0.3) is 5.91 Å². The van der Waals surface area contributed by atoms with Crippen molar-refractivity contribution in [3.63, 3.8) is 0 Å². The van der Waals surface area contributed by atoms with Crippen LogP contribution in [0.2, 0.25) is 5.02 Å². The predicted octanol–water partition coefficient (Wildman–Crippen LogP) is 4.59. The molecule has 3 unspecified atom stereocenters. The number of hydrogen-bond donors (Lipinski definition) is 1. The molecule has 1 aromatic carbocycles. The summed E-state index contributed by atoms with van der Waals surface area (Å²) in [5.41, 5.74) is 0.192. The number of esters is 1. The molecule has 3 saturated heterocycles. The Kier molecular flexibility index (Phi) is 10.1. The largest absolute Gasteiger partial charge is 0.465 e. The van der Waals surface area contributed by atoms with Crippen molar-refractivity contribution in [1.29, 1.82) is 0 Å². The van der Waals surface area contributed by atoms with E-state index in [1.165, 1.54) is 0 Å². The molecule has 218 valence electrons. The highest BCUT2D eigenvalue weighted by Crippen LogP contribution is 2.60. The summed E-state index contributed by atoms with van der Waals surface area (Å²) >= 11 is 10.3. The Morgan fingerprint density at radius 2 is 2.02 bits per heavy atom. The number of fused-ring (bicyclic) bond motifs is 1. The van der Waals surface area contributed by atoms with Crippen LogP contribution in [0, 0.1) is 18.8 Å². The summed E-state index contributed by atoms with van der Waals surface area (Å²) in [6, 6.07) is 4.49. The molecule has 3 heterocycles. The molecular weight excluding hydrogens is 600 g/mol. The zero-order valence-electron chi connectivity index (χ0n) is 22.9. The number of aliphatic hydroxyl groups is 1. The Hall–Kier alpha value is -2.20. The number of para-hydroxylation sites is 1. The monoisotopic (exact) mass is 636 g/mol. The van der Waals surface area contributed by atoms with Gasteiger partial charge in [-0.3, -0.25) is 14.4 Å². The summed E-state index contributed by atoms with van der Waals surface area (Å²) in [6.07, 6.45) is 6.56. The number of aryl methyl sites for hydroxylation is 1. The number of halogens is 2. The summed E-state index contributed by atoms with van der Waals surface area (Å²) < 4.78 is 12.1. The smallest absolute Gasteiger partial charge is 0.312 e. The van der Waals surface area contributed by atoms with E-state index in [-0.39, 0.29) is 36.4 Å². The second kappa shape index (κ2) is 13.2. The number of hydrogen-bond acceptors (Lipinski definition) is 6. The van der Waals surface area contributed by atoms with E-state index in [4.69, 9.17) is 26.2 Å². The second-order valence-corrected chi connectivity index (χ2v) is 12.3. The average Bonchev–Trinajstić information content (AvgIpc) is 3.51. The van der Waals surface area contributed by atoms with Crippen LogP contribution in [0.4, 0.5) is 5.69 Å². The number of anilines is 1. The van der Waals surface area contributed by atoms with E-state index < -0.39 is 35.6 Å². The summed E-state index contributed by atoms with van der Waals surface area (Å²) in [6.45, 7) is 10.2. The highest BCUT2D eigenvalue weighted by atomic mass is 79.9. The molecule has 3 aliphatic heterocycles. The normalized spacial score (nSPS) is 28.4. The Bertz CT molecular complexity index is 1130. The van der Waals surface area contributed by atoms with Crippen LogP contribution in [0.25, 0.3) is 0 Å². The second-order valence-electron chi connectivity index (χ2n) is 10.7. The van der Waals surface area contributed by atoms with Gasteiger partial charge in [-0.05, 0) is 44.2 Å². The zero-order valence-corrected chi connectivity index (χ0v) is 25.2. The van der Waals surface area contributed by atoms with E-state index in [9.17, 15) is 14.4 Å². The summed E-state index contributed by atoms with van der Waals surface area (Å²) in [5.74, 6) is -2.71. The lowest BCUT2D eigenvalue weighted by Gasteiger charge is -2.37. The van der Waals surface area contributed by atoms with Crippen molar-refractivity contribution >= 4 is 51.0 Å². The van der Waals surface area contributed by atoms with E-state index in [0.717, 1.165) is 18.4 Å². The van der Waals surface area contributed by atoms with Crippen LogP contribution < -0.4 is 4.90 Å². The predicted molar refractivity (Wildman–Crippen MR) is 157 cm³/mol. The first-order chi connectivity index (χ1) is 19.2. The van der Waals surface area contributed by atoms with Crippen molar-refractivity contribution in [1.82, 2.24) is 4.90 Å². The minimum atomic E-state index is -1.19. The highest BCUT2D eigenvalue weighted by Gasteiger charge is 2.77. The molecule has 0 saturated carbocycles. The van der Waals surface area contributed by atoms with E-state index in [1.807, 2.05) is 19.1 Å². The lowest BCUT2D eigenvalue weighted by Crippen LogP contribution is -2.57. The lowest BCUT2D eigenvalue weighted by atomic mass is 9.70. The van der Waals surface area contributed by atoms with Gasteiger partial charge in [-0.2, -0.15) is 0 Å². The Balaban J connectivity index is 1.74. The first-order valence-corrected chi connectivity index (χ1v) is 15.2. The van der Waals surface area contributed by atoms with Crippen molar-refractivity contribution in [3.05, 3.63) is 54.1 Å². The number of ether oxygens (including phenoxy) is 2. The molecule has 1 spiro atoms. The Labute approximate surface area is 249 Å². The molecule has 6 atom stereocenters. The number of benzene rings is 1. The molecular formula is C30H38BrClN2O6. The third-order valence-corrected chi connectivity index (χ3v) is 9.35. The fourth-order valence-electron chi connectivity index (χ4n) is 6.54. The molecule has 1 aromatic rings. The van der Waals surface area contributed by atoms with Crippen LogP contribution >= 0.6 is 27.5 Å². The van der Waals surface area contributed by atoms with Gasteiger partial charge >= 0.3 is 5.97 Å². The Morgan fingerprint density at radius 3 is 2.70 bits per heavy atom. The maximum atomic E-state index is 14.6. The first kappa shape index (κ1) is 30.8. The van der Waals surface area contributed by atoms with Crippen LogP contribution in [0.1, 0.15) is 44.1 Å².